The van der Waals surface area contributed by atoms with E-state index >= 15 is 0 Å². The van der Waals surface area contributed by atoms with Crippen LogP contribution in [0.3, 0.4) is 0 Å². The molecule has 0 saturated heterocycles. The minimum Gasteiger partial charge on any atom is -0.293 e. The molecule has 7 heteroatoms. The number of hydrogen-bond donors (Lipinski definition) is 1. The number of benzene rings is 1. The SMILES string of the molecule is O=c1ccnc2cc(Cc3cccc(C(F)(F)F)c3)[nH]n12. The molecule has 0 unspecified atom stereocenters. The third-order valence-corrected chi connectivity index (χ3v) is 3.08. The van der Waals surface area contributed by atoms with Crippen LogP contribution < -0.4 is 5.56 Å². The van der Waals surface area contributed by atoms with Crippen molar-refractivity contribution in [1.29, 1.82) is 0 Å². The van der Waals surface area contributed by atoms with E-state index in [0.29, 0.717) is 16.9 Å². The number of nitrogens with one attached hydrogen (secondary N) is 1. The number of rotatable bonds is 2. The highest BCUT2D eigenvalue weighted by atomic mass is 19.4. The van der Waals surface area contributed by atoms with Crippen LogP contribution in [0.2, 0.25) is 0 Å². The number of fused-ring (bicyclic) bond motifs is 1. The number of nitrogens with zero attached hydrogens (tertiary/aromatic N) is 2. The number of halogens is 3. The van der Waals surface area contributed by atoms with E-state index in [1.807, 2.05) is 0 Å². The Morgan fingerprint density at radius 3 is 2.71 bits per heavy atom. The normalized spacial score (nSPS) is 12.0. The van der Waals surface area contributed by atoms with Gasteiger partial charge in [-0.3, -0.25) is 9.89 Å². The van der Waals surface area contributed by atoms with Crippen LogP contribution in [0.15, 0.2) is 47.4 Å². The second-order valence-electron chi connectivity index (χ2n) is 4.63. The monoisotopic (exact) mass is 293 g/mol. The molecule has 108 valence electrons. The number of alkyl halides is 3. The maximum Gasteiger partial charge on any atom is 0.416 e. The molecule has 1 N–H and O–H groups in total. The van der Waals surface area contributed by atoms with Crippen molar-refractivity contribution in [3.63, 3.8) is 0 Å². The molecule has 0 saturated carbocycles. The van der Waals surface area contributed by atoms with Gasteiger partial charge in [0.1, 0.15) is 0 Å². The predicted octanol–water partition coefficient (Wildman–Crippen LogP) is 2.63. The quantitative estimate of drug-likeness (QED) is 0.789. The summed E-state index contributed by atoms with van der Waals surface area (Å²) in [4.78, 5) is 15.6. The van der Waals surface area contributed by atoms with Gasteiger partial charge >= 0.3 is 6.18 Å². The summed E-state index contributed by atoms with van der Waals surface area (Å²) in [6.45, 7) is 0. The highest BCUT2D eigenvalue weighted by Crippen LogP contribution is 2.29. The van der Waals surface area contributed by atoms with Gasteiger partial charge in [-0.15, -0.1) is 0 Å². The smallest absolute Gasteiger partial charge is 0.293 e. The zero-order valence-corrected chi connectivity index (χ0v) is 10.7. The molecule has 3 rings (SSSR count). The molecule has 0 amide bonds. The minimum atomic E-state index is -4.37. The van der Waals surface area contributed by atoms with Crippen LogP contribution in [-0.2, 0) is 12.6 Å². The minimum absolute atomic E-state index is 0.257. The highest BCUT2D eigenvalue weighted by molar-refractivity contribution is 5.40. The summed E-state index contributed by atoms with van der Waals surface area (Å²) in [5.74, 6) is 0. The third kappa shape index (κ3) is 2.67. The molecule has 4 nitrogen and oxygen atoms in total. The van der Waals surface area contributed by atoms with Crippen LogP contribution in [0.1, 0.15) is 16.8 Å². The van der Waals surface area contributed by atoms with Crippen molar-refractivity contribution in [2.75, 3.05) is 0 Å². The van der Waals surface area contributed by atoms with Crippen LogP contribution in [0, 0.1) is 0 Å². The average molecular weight is 293 g/mol. The molecule has 3 aromatic rings. The van der Waals surface area contributed by atoms with Gasteiger partial charge < -0.3 is 0 Å². The fraction of sp³-hybridized carbons (Fsp3) is 0.143. The molecular weight excluding hydrogens is 283 g/mol. The van der Waals surface area contributed by atoms with Crippen molar-refractivity contribution in [2.45, 2.75) is 12.6 Å². The Hall–Kier alpha value is -2.57. The standard InChI is InChI=1S/C14H10F3N3O/c15-14(16,17)10-3-1-2-9(6-10)7-11-8-12-18-5-4-13(21)20(12)19-11/h1-6,8,19H,7H2. The van der Waals surface area contributed by atoms with E-state index in [9.17, 15) is 18.0 Å². The first-order chi connectivity index (χ1) is 9.93. The second-order valence-corrected chi connectivity index (χ2v) is 4.63. The first-order valence-electron chi connectivity index (χ1n) is 6.15. The lowest BCUT2D eigenvalue weighted by molar-refractivity contribution is -0.137. The fourth-order valence-corrected chi connectivity index (χ4v) is 2.14. The molecule has 0 aliphatic rings. The van der Waals surface area contributed by atoms with E-state index in [4.69, 9.17) is 0 Å². The topological polar surface area (TPSA) is 50.2 Å². The van der Waals surface area contributed by atoms with E-state index in [2.05, 4.69) is 10.1 Å². The Morgan fingerprint density at radius 2 is 2.00 bits per heavy atom. The number of aromatic amines is 1. The Labute approximate surface area is 116 Å². The summed E-state index contributed by atoms with van der Waals surface area (Å²) in [7, 11) is 0. The van der Waals surface area contributed by atoms with Crippen LogP contribution in [0.25, 0.3) is 5.65 Å². The lowest BCUT2D eigenvalue weighted by Crippen LogP contribution is -2.12. The third-order valence-electron chi connectivity index (χ3n) is 3.08. The van der Waals surface area contributed by atoms with Crippen LogP contribution >= 0.6 is 0 Å². The number of hydrogen-bond acceptors (Lipinski definition) is 2. The Morgan fingerprint density at radius 1 is 1.19 bits per heavy atom. The van der Waals surface area contributed by atoms with E-state index in [1.165, 1.54) is 22.8 Å². The highest BCUT2D eigenvalue weighted by Gasteiger charge is 2.30. The molecular formula is C14H10F3N3O. The summed E-state index contributed by atoms with van der Waals surface area (Å²) >= 11 is 0. The van der Waals surface area contributed by atoms with Gasteiger partial charge in [0.15, 0.2) is 5.65 Å². The lowest BCUT2D eigenvalue weighted by Gasteiger charge is -2.08. The van der Waals surface area contributed by atoms with Gasteiger partial charge in [0.2, 0.25) is 0 Å². The maximum atomic E-state index is 12.7. The summed E-state index contributed by atoms with van der Waals surface area (Å²) in [6, 6.07) is 8.05. The maximum absolute atomic E-state index is 12.7. The first-order valence-corrected chi connectivity index (χ1v) is 6.15. The molecule has 2 aromatic heterocycles. The van der Waals surface area contributed by atoms with Crippen LogP contribution in [-0.4, -0.2) is 14.6 Å². The van der Waals surface area contributed by atoms with E-state index in [1.54, 1.807) is 12.1 Å². The Balaban J connectivity index is 1.95. The Bertz CT molecular complexity index is 848. The van der Waals surface area contributed by atoms with Crippen molar-refractivity contribution in [2.24, 2.45) is 0 Å². The summed E-state index contributed by atoms with van der Waals surface area (Å²) in [5.41, 5.74) is 0.598. The van der Waals surface area contributed by atoms with Crippen molar-refractivity contribution in [3.05, 3.63) is 69.8 Å². The van der Waals surface area contributed by atoms with Crippen molar-refractivity contribution in [1.82, 2.24) is 14.6 Å². The largest absolute Gasteiger partial charge is 0.416 e. The Kier molecular flexibility index (Phi) is 3.04. The first kappa shape index (κ1) is 13.4. The fourth-order valence-electron chi connectivity index (χ4n) is 2.14. The average Bonchev–Trinajstić information content (AvgIpc) is 2.82. The zero-order valence-electron chi connectivity index (χ0n) is 10.7. The van der Waals surface area contributed by atoms with Gasteiger partial charge in [-0.1, -0.05) is 18.2 Å². The van der Waals surface area contributed by atoms with E-state index in [0.717, 1.165) is 12.1 Å². The summed E-state index contributed by atoms with van der Waals surface area (Å²) in [5, 5.41) is 2.83. The van der Waals surface area contributed by atoms with E-state index in [-0.39, 0.29) is 12.0 Å². The molecule has 1 aromatic carbocycles. The zero-order chi connectivity index (χ0) is 15.0. The van der Waals surface area contributed by atoms with Crippen LogP contribution in [0.4, 0.5) is 13.2 Å². The van der Waals surface area contributed by atoms with Crippen LogP contribution in [0.5, 0.6) is 0 Å². The number of aromatic nitrogens is 3. The van der Waals surface area contributed by atoms with Crippen molar-refractivity contribution in [3.8, 4) is 0 Å². The lowest BCUT2D eigenvalue weighted by atomic mass is 10.1. The molecule has 0 fully saturated rings. The summed E-state index contributed by atoms with van der Waals surface area (Å²) < 4.78 is 39.2. The van der Waals surface area contributed by atoms with Gasteiger partial charge in [0.25, 0.3) is 5.56 Å². The van der Waals surface area contributed by atoms with E-state index < -0.39 is 11.7 Å². The molecule has 0 spiro atoms. The number of H-pyrrole nitrogens is 1. The van der Waals surface area contributed by atoms with Gasteiger partial charge in [-0.2, -0.15) is 13.2 Å². The molecule has 21 heavy (non-hydrogen) atoms. The molecule has 0 aliphatic carbocycles. The second kappa shape index (κ2) is 4.76. The molecule has 2 heterocycles. The molecule has 0 atom stereocenters. The van der Waals surface area contributed by atoms with Gasteiger partial charge in [0.05, 0.1) is 5.56 Å². The molecule has 0 aliphatic heterocycles. The molecule has 0 radical (unpaired) electrons. The molecule has 0 bridgehead atoms. The van der Waals surface area contributed by atoms with Gasteiger partial charge in [-0.25, -0.2) is 9.50 Å². The van der Waals surface area contributed by atoms with Crippen molar-refractivity contribution < 1.29 is 13.2 Å². The summed E-state index contributed by atoms with van der Waals surface area (Å²) in [6.07, 6.45) is -2.72. The van der Waals surface area contributed by atoms with Gasteiger partial charge in [0, 0.05) is 30.4 Å². The van der Waals surface area contributed by atoms with Crippen molar-refractivity contribution >= 4 is 5.65 Å². The van der Waals surface area contributed by atoms with Gasteiger partial charge in [-0.05, 0) is 11.6 Å². The predicted molar refractivity (Wildman–Crippen MR) is 70.1 cm³/mol.